The fourth-order valence-electron chi connectivity index (χ4n) is 5.49. The molecule has 0 aromatic rings. The van der Waals surface area contributed by atoms with Gasteiger partial charge in [-0.15, -0.1) is 0 Å². The van der Waals surface area contributed by atoms with Gasteiger partial charge in [0.1, 0.15) is 6.10 Å². The smallest absolute Gasteiger partial charge is 0.330 e. The van der Waals surface area contributed by atoms with E-state index in [0.29, 0.717) is 12.0 Å². The van der Waals surface area contributed by atoms with Gasteiger partial charge < -0.3 is 15.2 Å². The molecule has 1 aliphatic heterocycles. The van der Waals surface area contributed by atoms with Crippen LogP contribution in [0.25, 0.3) is 0 Å². The number of carbonyl (C=O) groups excluding carboxylic acids is 1. The third-order valence-corrected chi connectivity index (χ3v) is 7.23. The highest BCUT2D eigenvalue weighted by atomic mass is 16.5. The van der Waals surface area contributed by atoms with E-state index < -0.39 is 0 Å². The Labute approximate surface area is 185 Å². The van der Waals surface area contributed by atoms with Crippen LogP contribution >= 0.6 is 0 Å². The van der Waals surface area contributed by atoms with Gasteiger partial charge in [-0.3, -0.25) is 0 Å². The van der Waals surface area contributed by atoms with Crippen molar-refractivity contribution in [1.29, 1.82) is 0 Å². The number of nitrogens with one attached hydrogen (secondary N) is 1. The van der Waals surface area contributed by atoms with Crippen LogP contribution in [-0.4, -0.2) is 35.4 Å². The van der Waals surface area contributed by atoms with Crippen LogP contribution in [0.2, 0.25) is 0 Å². The Kier molecular flexibility index (Phi) is 12.1. The maximum Gasteiger partial charge on any atom is 0.330 e. The number of ether oxygens (including phenoxy) is 1. The van der Waals surface area contributed by atoms with Crippen LogP contribution < -0.4 is 5.32 Å². The third kappa shape index (κ3) is 8.70. The number of unbranched alkanes of at least 4 members (excludes halogenated alkanes) is 4. The normalized spacial score (nSPS) is 30.2. The first-order chi connectivity index (χ1) is 14.5. The number of hydrogen-bond acceptors (Lipinski definition) is 4. The van der Waals surface area contributed by atoms with Crippen LogP contribution in [0.3, 0.4) is 0 Å². The van der Waals surface area contributed by atoms with Crippen LogP contribution in [-0.2, 0) is 9.53 Å². The van der Waals surface area contributed by atoms with E-state index in [1.807, 2.05) is 6.08 Å². The number of rotatable bonds is 13. The van der Waals surface area contributed by atoms with Crippen molar-refractivity contribution in [3.63, 3.8) is 0 Å². The van der Waals surface area contributed by atoms with E-state index >= 15 is 0 Å². The summed E-state index contributed by atoms with van der Waals surface area (Å²) in [7, 11) is 0. The molecule has 4 heteroatoms. The van der Waals surface area contributed by atoms with E-state index in [9.17, 15) is 9.90 Å². The first kappa shape index (κ1) is 25.4. The molecule has 0 spiro atoms. The van der Waals surface area contributed by atoms with Crippen LogP contribution in [0, 0.1) is 11.8 Å². The van der Waals surface area contributed by atoms with Crippen molar-refractivity contribution in [2.45, 2.75) is 135 Å². The van der Waals surface area contributed by atoms with Gasteiger partial charge >= 0.3 is 5.97 Å². The fourth-order valence-corrected chi connectivity index (χ4v) is 5.49. The van der Waals surface area contributed by atoms with Crippen molar-refractivity contribution in [3.05, 3.63) is 12.2 Å². The van der Waals surface area contributed by atoms with E-state index in [-0.39, 0.29) is 24.2 Å². The van der Waals surface area contributed by atoms with Crippen LogP contribution in [0.15, 0.2) is 12.2 Å². The number of hydrogen-bond donors (Lipinski definition) is 2. The molecule has 0 aromatic carbocycles. The molecule has 0 amide bonds. The Balaban J connectivity index is 1.79. The Hall–Kier alpha value is -0.870. The SMILES string of the molecule is CCCCC/C=C/C(=O)O[C@H]1C[C@@H]2[C@H](CCCC[C@H](O)CCC)CCC[C@@H]2N[C@H]1C. The molecule has 6 atom stereocenters. The molecule has 1 saturated heterocycles. The van der Waals surface area contributed by atoms with Crippen LogP contribution in [0.1, 0.15) is 111 Å². The van der Waals surface area contributed by atoms with Crippen molar-refractivity contribution >= 4 is 5.97 Å². The summed E-state index contributed by atoms with van der Waals surface area (Å²) < 4.78 is 5.87. The molecule has 2 aliphatic rings. The van der Waals surface area contributed by atoms with Gasteiger partial charge in [0.25, 0.3) is 0 Å². The van der Waals surface area contributed by atoms with Gasteiger partial charge in [-0.1, -0.05) is 71.3 Å². The van der Waals surface area contributed by atoms with Gasteiger partial charge in [-0.05, 0) is 57.3 Å². The highest BCUT2D eigenvalue weighted by Crippen LogP contribution is 2.40. The summed E-state index contributed by atoms with van der Waals surface area (Å²) >= 11 is 0. The molecule has 1 heterocycles. The largest absolute Gasteiger partial charge is 0.458 e. The summed E-state index contributed by atoms with van der Waals surface area (Å²) in [6, 6.07) is 0.801. The molecule has 1 aliphatic carbocycles. The van der Waals surface area contributed by atoms with E-state index in [2.05, 4.69) is 26.1 Å². The fraction of sp³-hybridized carbons (Fsp3) is 0.885. The maximum atomic E-state index is 12.3. The number of carbonyl (C=O) groups is 1. The molecule has 4 nitrogen and oxygen atoms in total. The molecule has 0 unspecified atom stereocenters. The zero-order valence-electron chi connectivity index (χ0n) is 19.8. The number of aliphatic hydroxyl groups is 1. The predicted molar refractivity (Wildman–Crippen MR) is 124 cm³/mol. The Morgan fingerprint density at radius 2 is 1.97 bits per heavy atom. The minimum atomic E-state index is -0.180. The molecule has 30 heavy (non-hydrogen) atoms. The Morgan fingerprint density at radius 1 is 1.13 bits per heavy atom. The minimum Gasteiger partial charge on any atom is -0.458 e. The lowest BCUT2D eigenvalue weighted by Crippen LogP contribution is -2.57. The number of allylic oxidation sites excluding steroid dienone is 1. The molecular formula is C26H47NO3. The zero-order chi connectivity index (χ0) is 21.8. The lowest BCUT2D eigenvalue weighted by molar-refractivity contribution is -0.148. The molecule has 174 valence electrons. The van der Waals surface area contributed by atoms with E-state index in [1.165, 1.54) is 44.9 Å². The highest BCUT2D eigenvalue weighted by molar-refractivity contribution is 5.82. The second-order valence-corrected chi connectivity index (χ2v) is 9.75. The molecule has 0 bridgehead atoms. The van der Waals surface area contributed by atoms with Crippen LogP contribution in [0.5, 0.6) is 0 Å². The molecule has 0 aromatic heterocycles. The molecule has 1 saturated carbocycles. The topological polar surface area (TPSA) is 58.6 Å². The van der Waals surface area contributed by atoms with Crippen molar-refractivity contribution in [3.8, 4) is 0 Å². The predicted octanol–water partition coefficient (Wildman–Crippen LogP) is 5.92. The number of fused-ring (bicyclic) bond motifs is 1. The van der Waals surface area contributed by atoms with Gasteiger partial charge in [0, 0.05) is 18.2 Å². The van der Waals surface area contributed by atoms with Crippen molar-refractivity contribution in [1.82, 2.24) is 5.32 Å². The first-order valence-corrected chi connectivity index (χ1v) is 12.9. The van der Waals surface area contributed by atoms with Gasteiger partial charge in [-0.25, -0.2) is 4.79 Å². The summed E-state index contributed by atoms with van der Waals surface area (Å²) in [5, 5.41) is 13.7. The minimum absolute atomic E-state index is 0.0222. The highest BCUT2D eigenvalue weighted by Gasteiger charge is 2.41. The van der Waals surface area contributed by atoms with Crippen molar-refractivity contribution in [2.75, 3.05) is 0 Å². The lowest BCUT2D eigenvalue weighted by atomic mass is 9.68. The summed E-state index contributed by atoms with van der Waals surface area (Å²) in [4.78, 5) is 12.3. The Morgan fingerprint density at radius 3 is 2.73 bits per heavy atom. The average molecular weight is 422 g/mol. The standard InChI is InChI=1S/C26H47NO3/c1-4-6-7-8-9-18-26(29)30-25-19-23-21(14-10-11-16-22(28)13-5-2)15-12-17-24(23)27-20(25)3/h9,18,20-25,27-28H,4-8,10-17,19H2,1-3H3/b18-9+/t20-,21+,22+,23+,24-,25-/m0/s1. The average Bonchev–Trinajstić information content (AvgIpc) is 2.72. The molecule has 2 rings (SSSR count). The van der Waals surface area contributed by atoms with E-state index in [1.54, 1.807) is 6.08 Å². The molecule has 2 N–H and O–H groups in total. The van der Waals surface area contributed by atoms with Gasteiger partial charge in [0.15, 0.2) is 0 Å². The lowest BCUT2D eigenvalue weighted by Gasteiger charge is -2.47. The molecule has 0 radical (unpaired) electrons. The Bertz CT molecular complexity index is 507. The van der Waals surface area contributed by atoms with Crippen LogP contribution in [0.4, 0.5) is 0 Å². The monoisotopic (exact) mass is 421 g/mol. The van der Waals surface area contributed by atoms with Crippen molar-refractivity contribution in [2.24, 2.45) is 11.8 Å². The molecule has 2 fully saturated rings. The second kappa shape index (κ2) is 14.2. The van der Waals surface area contributed by atoms with Gasteiger partial charge in [0.05, 0.1) is 6.10 Å². The number of piperidine rings is 1. The summed E-state index contributed by atoms with van der Waals surface area (Å²) in [6.07, 6.45) is 19.3. The maximum absolute atomic E-state index is 12.3. The molecular weight excluding hydrogens is 374 g/mol. The zero-order valence-corrected chi connectivity index (χ0v) is 19.8. The number of esters is 1. The van der Waals surface area contributed by atoms with E-state index in [4.69, 9.17) is 4.74 Å². The van der Waals surface area contributed by atoms with E-state index in [0.717, 1.165) is 50.9 Å². The quantitative estimate of drug-likeness (QED) is 0.220. The third-order valence-electron chi connectivity index (χ3n) is 7.23. The van der Waals surface area contributed by atoms with Gasteiger partial charge in [-0.2, -0.15) is 0 Å². The number of aliphatic hydroxyl groups excluding tert-OH is 1. The van der Waals surface area contributed by atoms with Crippen molar-refractivity contribution < 1.29 is 14.6 Å². The summed E-state index contributed by atoms with van der Waals surface area (Å²) in [5.41, 5.74) is 0. The first-order valence-electron chi connectivity index (χ1n) is 12.9. The second-order valence-electron chi connectivity index (χ2n) is 9.75. The summed E-state index contributed by atoms with van der Waals surface area (Å²) in [6.45, 7) is 6.49. The summed E-state index contributed by atoms with van der Waals surface area (Å²) in [5.74, 6) is 1.15. The van der Waals surface area contributed by atoms with Gasteiger partial charge in [0.2, 0.25) is 0 Å².